The van der Waals surface area contributed by atoms with E-state index in [-0.39, 0.29) is 23.8 Å². The molecule has 0 radical (unpaired) electrons. The van der Waals surface area contributed by atoms with E-state index in [0.29, 0.717) is 25.3 Å². The molecule has 2 saturated heterocycles. The molecule has 3 aromatic carbocycles. The monoisotopic (exact) mass is 444 g/mol. The maximum atomic E-state index is 13.6. The largest absolute Gasteiger partial charge is 0.326 e. The zero-order valence-corrected chi connectivity index (χ0v) is 18.0. The summed E-state index contributed by atoms with van der Waals surface area (Å²) in [6.07, 6.45) is 0. The number of piperidine rings is 1. The molecular weight excluding hydrogens is 419 g/mol. The van der Waals surface area contributed by atoms with Crippen LogP contribution in [-0.4, -0.2) is 35.8 Å². The van der Waals surface area contributed by atoms with Crippen molar-refractivity contribution in [3.63, 3.8) is 0 Å². The number of fused-ring (bicyclic) bond motifs is 1. The van der Waals surface area contributed by atoms with Crippen LogP contribution >= 0.6 is 0 Å². The Morgan fingerprint density at radius 2 is 1.70 bits per heavy atom. The highest BCUT2D eigenvalue weighted by molar-refractivity contribution is 6.00. The van der Waals surface area contributed by atoms with E-state index in [0.717, 1.165) is 11.3 Å². The lowest BCUT2D eigenvalue weighted by atomic mass is 9.83. The molecule has 0 bridgehead atoms. The maximum absolute atomic E-state index is 13.6. The summed E-state index contributed by atoms with van der Waals surface area (Å²) in [4.78, 5) is 28.9. The first-order chi connectivity index (χ1) is 16.1. The van der Waals surface area contributed by atoms with E-state index in [4.69, 9.17) is 0 Å². The number of likely N-dealkylation sites (tertiary alicyclic amines) is 1. The Labute approximate surface area is 192 Å². The molecule has 33 heavy (non-hydrogen) atoms. The van der Waals surface area contributed by atoms with Gasteiger partial charge in [0.05, 0.1) is 23.6 Å². The number of halogens is 1. The number of rotatable bonds is 5. The molecule has 2 aliphatic rings. The molecule has 3 unspecified atom stereocenters. The molecular formula is C26H25FN4O2. The number of nitrogens with one attached hydrogen (secondary N) is 2. The number of para-hydroxylation sites is 1. The van der Waals surface area contributed by atoms with Gasteiger partial charge in [-0.2, -0.15) is 0 Å². The predicted octanol–water partition coefficient (Wildman–Crippen LogP) is 3.43. The molecule has 0 aliphatic carbocycles. The van der Waals surface area contributed by atoms with Gasteiger partial charge < -0.3 is 5.32 Å². The normalized spacial score (nSPS) is 22.8. The summed E-state index contributed by atoms with van der Waals surface area (Å²) in [5.74, 6) is -1.56. The van der Waals surface area contributed by atoms with E-state index in [1.54, 1.807) is 17.1 Å². The van der Waals surface area contributed by atoms with Crippen molar-refractivity contribution in [2.45, 2.75) is 12.6 Å². The molecule has 2 aliphatic heterocycles. The Morgan fingerprint density at radius 1 is 0.970 bits per heavy atom. The SMILES string of the molecule is O=C(Nc1cccc(F)c1)C1CN(Cc2ccccc2)CC2C(=O)N(c3ccccc3)NC12. The summed E-state index contributed by atoms with van der Waals surface area (Å²) in [5.41, 5.74) is 5.57. The summed E-state index contributed by atoms with van der Waals surface area (Å²) in [5, 5.41) is 4.40. The third kappa shape index (κ3) is 4.51. The average Bonchev–Trinajstić information content (AvgIpc) is 3.16. The minimum Gasteiger partial charge on any atom is -0.326 e. The standard InChI is InChI=1S/C26H25FN4O2/c27-19-10-7-11-20(14-19)28-25(32)22-16-30(15-18-8-3-1-4-9-18)17-23-24(22)29-31(26(23)33)21-12-5-2-6-13-21/h1-14,22-24,29H,15-17H2,(H,28,32). The van der Waals surface area contributed by atoms with Gasteiger partial charge in [0.2, 0.25) is 11.8 Å². The number of nitrogens with zero attached hydrogens (tertiary/aromatic N) is 2. The van der Waals surface area contributed by atoms with Gasteiger partial charge in [0.15, 0.2) is 0 Å². The maximum Gasteiger partial charge on any atom is 0.247 e. The number of hydrazine groups is 1. The van der Waals surface area contributed by atoms with Gasteiger partial charge in [-0.25, -0.2) is 14.8 Å². The number of carbonyl (C=O) groups excluding carboxylic acids is 2. The van der Waals surface area contributed by atoms with E-state index >= 15 is 0 Å². The van der Waals surface area contributed by atoms with Gasteiger partial charge >= 0.3 is 0 Å². The van der Waals surface area contributed by atoms with Gasteiger partial charge in [0.25, 0.3) is 0 Å². The third-order valence-electron chi connectivity index (χ3n) is 6.28. The van der Waals surface area contributed by atoms with Crippen molar-refractivity contribution in [2.75, 3.05) is 23.4 Å². The first-order valence-electron chi connectivity index (χ1n) is 11.1. The van der Waals surface area contributed by atoms with E-state index < -0.39 is 11.7 Å². The second-order valence-corrected chi connectivity index (χ2v) is 8.56. The predicted molar refractivity (Wildman–Crippen MR) is 125 cm³/mol. The highest BCUT2D eigenvalue weighted by Crippen LogP contribution is 2.33. The molecule has 3 aromatic rings. The summed E-state index contributed by atoms with van der Waals surface area (Å²) in [6.45, 7) is 1.69. The van der Waals surface area contributed by atoms with Crippen molar-refractivity contribution >= 4 is 23.2 Å². The Balaban J connectivity index is 1.41. The van der Waals surface area contributed by atoms with E-state index in [9.17, 15) is 14.0 Å². The summed E-state index contributed by atoms with van der Waals surface area (Å²) in [7, 11) is 0. The molecule has 168 valence electrons. The van der Waals surface area contributed by atoms with Gasteiger partial charge in [-0.05, 0) is 35.9 Å². The number of amides is 2. The molecule has 0 spiro atoms. The second-order valence-electron chi connectivity index (χ2n) is 8.56. The first kappa shape index (κ1) is 21.3. The summed E-state index contributed by atoms with van der Waals surface area (Å²) in [6, 6.07) is 24.9. The van der Waals surface area contributed by atoms with Crippen LogP contribution < -0.4 is 15.8 Å². The fourth-order valence-electron chi connectivity index (χ4n) is 4.73. The second kappa shape index (κ2) is 9.13. The summed E-state index contributed by atoms with van der Waals surface area (Å²) >= 11 is 0. The minimum atomic E-state index is -0.492. The zero-order chi connectivity index (χ0) is 22.8. The first-order valence-corrected chi connectivity index (χ1v) is 11.1. The molecule has 0 aromatic heterocycles. The molecule has 7 heteroatoms. The van der Waals surface area contributed by atoms with Crippen molar-refractivity contribution in [3.8, 4) is 0 Å². The van der Waals surface area contributed by atoms with Gasteiger partial charge in [0.1, 0.15) is 5.82 Å². The zero-order valence-electron chi connectivity index (χ0n) is 18.0. The van der Waals surface area contributed by atoms with Gasteiger partial charge in [-0.15, -0.1) is 0 Å². The van der Waals surface area contributed by atoms with Crippen LogP contribution in [0.3, 0.4) is 0 Å². The molecule has 6 nitrogen and oxygen atoms in total. The van der Waals surface area contributed by atoms with Crippen molar-refractivity contribution < 1.29 is 14.0 Å². The van der Waals surface area contributed by atoms with E-state index in [1.165, 1.54) is 12.1 Å². The Hall–Kier alpha value is -3.55. The van der Waals surface area contributed by atoms with Crippen LogP contribution in [0.25, 0.3) is 0 Å². The fourth-order valence-corrected chi connectivity index (χ4v) is 4.73. The van der Waals surface area contributed by atoms with Crippen molar-refractivity contribution in [1.29, 1.82) is 0 Å². The third-order valence-corrected chi connectivity index (χ3v) is 6.28. The van der Waals surface area contributed by atoms with Crippen LogP contribution in [0, 0.1) is 17.7 Å². The van der Waals surface area contributed by atoms with E-state index in [1.807, 2.05) is 60.7 Å². The van der Waals surface area contributed by atoms with Crippen molar-refractivity contribution in [2.24, 2.45) is 11.8 Å². The molecule has 2 fully saturated rings. The van der Waals surface area contributed by atoms with Crippen LogP contribution in [0.1, 0.15) is 5.56 Å². The lowest BCUT2D eigenvalue weighted by molar-refractivity contribution is -0.126. The number of hydrogen-bond donors (Lipinski definition) is 2. The molecule has 3 atom stereocenters. The number of benzene rings is 3. The van der Waals surface area contributed by atoms with Crippen molar-refractivity contribution in [3.05, 3.63) is 96.3 Å². The quantitative estimate of drug-likeness (QED) is 0.633. The number of carbonyl (C=O) groups is 2. The van der Waals surface area contributed by atoms with Crippen LogP contribution in [0.15, 0.2) is 84.9 Å². The van der Waals surface area contributed by atoms with Crippen molar-refractivity contribution in [1.82, 2.24) is 10.3 Å². The Kier molecular flexibility index (Phi) is 5.90. The molecule has 5 rings (SSSR count). The van der Waals surface area contributed by atoms with Crippen LogP contribution in [0.2, 0.25) is 0 Å². The lowest BCUT2D eigenvalue weighted by Gasteiger charge is -2.38. The Morgan fingerprint density at radius 3 is 2.42 bits per heavy atom. The average molecular weight is 445 g/mol. The van der Waals surface area contributed by atoms with E-state index in [2.05, 4.69) is 15.6 Å². The van der Waals surface area contributed by atoms with Crippen LogP contribution in [-0.2, 0) is 16.1 Å². The number of hydrogen-bond acceptors (Lipinski definition) is 4. The van der Waals surface area contributed by atoms with Gasteiger partial charge in [-0.1, -0.05) is 54.6 Å². The number of anilines is 2. The molecule has 2 N–H and O–H groups in total. The highest BCUT2D eigenvalue weighted by atomic mass is 19.1. The molecule has 2 heterocycles. The van der Waals surface area contributed by atoms with Gasteiger partial charge in [-0.3, -0.25) is 14.5 Å². The smallest absolute Gasteiger partial charge is 0.247 e. The summed E-state index contributed by atoms with van der Waals surface area (Å²) < 4.78 is 13.6. The minimum absolute atomic E-state index is 0.0486. The topological polar surface area (TPSA) is 64.7 Å². The fraction of sp³-hybridized carbons (Fsp3) is 0.231. The Bertz CT molecular complexity index is 1140. The lowest BCUT2D eigenvalue weighted by Crippen LogP contribution is -2.55. The highest BCUT2D eigenvalue weighted by Gasteiger charge is 2.50. The van der Waals surface area contributed by atoms with Crippen LogP contribution in [0.5, 0.6) is 0 Å². The molecule has 0 saturated carbocycles. The van der Waals surface area contributed by atoms with Gasteiger partial charge in [0, 0.05) is 25.3 Å². The molecule has 2 amide bonds. The van der Waals surface area contributed by atoms with Crippen LogP contribution in [0.4, 0.5) is 15.8 Å².